The number of hydrogen-bond acceptors (Lipinski definition) is 2. The summed E-state index contributed by atoms with van der Waals surface area (Å²) >= 11 is 0. The van der Waals surface area contributed by atoms with Gasteiger partial charge in [-0.05, 0) is 55.0 Å². The Kier molecular flexibility index (Phi) is 3.78. The first-order chi connectivity index (χ1) is 8.56. The van der Waals surface area contributed by atoms with Crippen molar-refractivity contribution in [3.05, 3.63) is 64.5 Å². The van der Waals surface area contributed by atoms with Crippen LogP contribution in [0.3, 0.4) is 0 Å². The molecular weight excluding hydrogens is 220 g/mol. The van der Waals surface area contributed by atoms with Crippen LogP contribution in [0.5, 0.6) is 0 Å². The molecular formula is C16H20N2. The minimum Gasteiger partial charge on any atom is -0.324 e. The van der Waals surface area contributed by atoms with Crippen molar-refractivity contribution in [1.82, 2.24) is 4.98 Å². The molecule has 0 fully saturated rings. The van der Waals surface area contributed by atoms with E-state index in [9.17, 15) is 0 Å². The molecule has 0 radical (unpaired) electrons. The third-order valence-corrected chi connectivity index (χ3v) is 3.35. The molecule has 1 heterocycles. The molecule has 1 aromatic carbocycles. The van der Waals surface area contributed by atoms with Gasteiger partial charge >= 0.3 is 0 Å². The van der Waals surface area contributed by atoms with E-state index in [0.717, 1.165) is 17.5 Å². The molecule has 0 aliphatic heterocycles. The third-order valence-electron chi connectivity index (χ3n) is 3.35. The lowest BCUT2D eigenvalue weighted by Gasteiger charge is -2.13. The van der Waals surface area contributed by atoms with Crippen molar-refractivity contribution in [2.24, 2.45) is 5.73 Å². The summed E-state index contributed by atoms with van der Waals surface area (Å²) in [6.07, 6.45) is 4.57. The molecule has 0 bridgehead atoms. The number of nitrogens with zero attached hydrogens (tertiary/aromatic N) is 1. The van der Waals surface area contributed by atoms with Crippen LogP contribution in [0.2, 0.25) is 0 Å². The van der Waals surface area contributed by atoms with E-state index < -0.39 is 0 Å². The first-order valence-corrected chi connectivity index (χ1v) is 6.29. The van der Waals surface area contributed by atoms with Gasteiger partial charge in [0.05, 0.1) is 0 Å². The summed E-state index contributed by atoms with van der Waals surface area (Å²) in [5.74, 6) is 0. The van der Waals surface area contributed by atoms with Crippen molar-refractivity contribution in [2.45, 2.75) is 33.2 Å². The summed E-state index contributed by atoms with van der Waals surface area (Å²) in [7, 11) is 0. The van der Waals surface area contributed by atoms with Gasteiger partial charge in [0, 0.05) is 18.4 Å². The maximum Gasteiger partial charge on any atom is 0.0351 e. The fraction of sp³-hybridized carbons (Fsp3) is 0.312. The summed E-state index contributed by atoms with van der Waals surface area (Å²) in [5, 5.41) is 0. The van der Waals surface area contributed by atoms with Gasteiger partial charge < -0.3 is 5.73 Å². The fourth-order valence-corrected chi connectivity index (χ4v) is 2.08. The second-order valence-electron chi connectivity index (χ2n) is 5.02. The van der Waals surface area contributed by atoms with E-state index >= 15 is 0 Å². The SMILES string of the molecule is Cc1cncc(C(N)Cc2ccc(C)c(C)c2)c1. The number of hydrogen-bond donors (Lipinski definition) is 1. The van der Waals surface area contributed by atoms with Gasteiger partial charge in [-0.2, -0.15) is 0 Å². The second kappa shape index (κ2) is 5.32. The molecule has 2 nitrogen and oxygen atoms in total. The van der Waals surface area contributed by atoms with Gasteiger partial charge in [-0.1, -0.05) is 24.3 Å². The largest absolute Gasteiger partial charge is 0.324 e. The van der Waals surface area contributed by atoms with Crippen molar-refractivity contribution in [3.8, 4) is 0 Å². The Morgan fingerprint density at radius 2 is 1.83 bits per heavy atom. The van der Waals surface area contributed by atoms with Gasteiger partial charge in [0.25, 0.3) is 0 Å². The summed E-state index contributed by atoms with van der Waals surface area (Å²) < 4.78 is 0. The van der Waals surface area contributed by atoms with Crippen LogP contribution in [0.25, 0.3) is 0 Å². The molecule has 18 heavy (non-hydrogen) atoms. The Morgan fingerprint density at radius 3 is 2.50 bits per heavy atom. The van der Waals surface area contributed by atoms with Crippen LogP contribution in [0, 0.1) is 20.8 Å². The van der Waals surface area contributed by atoms with Crippen LogP contribution >= 0.6 is 0 Å². The van der Waals surface area contributed by atoms with Gasteiger partial charge in [-0.3, -0.25) is 4.98 Å². The molecule has 0 saturated heterocycles. The van der Waals surface area contributed by atoms with Crippen LogP contribution in [0.4, 0.5) is 0 Å². The van der Waals surface area contributed by atoms with Crippen molar-refractivity contribution in [1.29, 1.82) is 0 Å². The highest BCUT2D eigenvalue weighted by Gasteiger charge is 2.08. The van der Waals surface area contributed by atoms with Crippen molar-refractivity contribution in [3.63, 3.8) is 0 Å². The highest BCUT2D eigenvalue weighted by molar-refractivity contribution is 5.31. The third kappa shape index (κ3) is 2.96. The molecule has 0 amide bonds. The van der Waals surface area contributed by atoms with Crippen molar-refractivity contribution < 1.29 is 0 Å². The Morgan fingerprint density at radius 1 is 1.06 bits per heavy atom. The summed E-state index contributed by atoms with van der Waals surface area (Å²) in [6, 6.07) is 8.66. The van der Waals surface area contributed by atoms with E-state index in [1.807, 2.05) is 19.3 Å². The van der Waals surface area contributed by atoms with Crippen molar-refractivity contribution >= 4 is 0 Å². The monoisotopic (exact) mass is 240 g/mol. The smallest absolute Gasteiger partial charge is 0.0351 e. The number of aromatic nitrogens is 1. The molecule has 0 aliphatic carbocycles. The standard InChI is InChI=1S/C16H20N2/c1-11-6-15(10-18-9-11)16(17)8-14-5-4-12(2)13(3)7-14/h4-7,9-10,16H,8,17H2,1-3H3. The van der Waals surface area contributed by atoms with Gasteiger partial charge in [-0.25, -0.2) is 0 Å². The Hall–Kier alpha value is -1.67. The summed E-state index contributed by atoms with van der Waals surface area (Å²) in [5.41, 5.74) is 12.4. The van der Waals surface area contributed by atoms with E-state index in [1.165, 1.54) is 16.7 Å². The summed E-state index contributed by atoms with van der Waals surface area (Å²) in [4.78, 5) is 4.20. The molecule has 2 heteroatoms. The quantitative estimate of drug-likeness (QED) is 0.894. The van der Waals surface area contributed by atoms with Gasteiger partial charge in [0.2, 0.25) is 0 Å². The highest BCUT2D eigenvalue weighted by Crippen LogP contribution is 2.18. The predicted molar refractivity (Wildman–Crippen MR) is 75.5 cm³/mol. The maximum absolute atomic E-state index is 6.24. The number of pyridine rings is 1. The zero-order valence-electron chi connectivity index (χ0n) is 11.3. The Labute approximate surface area is 109 Å². The number of aryl methyl sites for hydroxylation is 3. The van der Waals surface area contributed by atoms with E-state index in [0.29, 0.717) is 0 Å². The molecule has 1 aromatic heterocycles. The van der Waals surface area contributed by atoms with E-state index in [1.54, 1.807) is 0 Å². The predicted octanol–water partition coefficient (Wildman–Crippen LogP) is 3.25. The Balaban J connectivity index is 2.16. The topological polar surface area (TPSA) is 38.9 Å². The molecule has 0 aliphatic rings. The summed E-state index contributed by atoms with van der Waals surface area (Å²) in [6.45, 7) is 6.31. The molecule has 1 unspecified atom stereocenters. The lowest BCUT2D eigenvalue weighted by molar-refractivity contribution is 0.716. The molecule has 0 saturated carbocycles. The molecule has 1 atom stereocenters. The normalized spacial score (nSPS) is 12.4. The number of nitrogens with two attached hydrogens (primary N) is 1. The zero-order valence-corrected chi connectivity index (χ0v) is 11.3. The second-order valence-corrected chi connectivity index (χ2v) is 5.02. The molecule has 2 rings (SSSR count). The maximum atomic E-state index is 6.24. The van der Waals surface area contributed by atoms with Gasteiger partial charge in [0.15, 0.2) is 0 Å². The van der Waals surface area contributed by atoms with Crippen molar-refractivity contribution in [2.75, 3.05) is 0 Å². The van der Waals surface area contributed by atoms with Crippen LogP contribution in [0.1, 0.15) is 33.9 Å². The minimum absolute atomic E-state index is 0.0134. The van der Waals surface area contributed by atoms with E-state index in [2.05, 4.69) is 43.1 Å². The average Bonchev–Trinajstić information content (AvgIpc) is 2.34. The minimum atomic E-state index is 0.0134. The number of benzene rings is 1. The highest BCUT2D eigenvalue weighted by atomic mass is 14.7. The molecule has 94 valence electrons. The lowest BCUT2D eigenvalue weighted by atomic mass is 9.97. The van der Waals surface area contributed by atoms with Gasteiger partial charge in [-0.15, -0.1) is 0 Å². The zero-order chi connectivity index (χ0) is 13.1. The van der Waals surface area contributed by atoms with Crippen LogP contribution in [0.15, 0.2) is 36.7 Å². The first-order valence-electron chi connectivity index (χ1n) is 6.29. The van der Waals surface area contributed by atoms with E-state index in [4.69, 9.17) is 5.73 Å². The van der Waals surface area contributed by atoms with Crippen LogP contribution < -0.4 is 5.73 Å². The molecule has 2 N–H and O–H groups in total. The lowest BCUT2D eigenvalue weighted by Crippen LogP contribution is -2.14. The van der Waals surface area contributed by atoms with E-state index in [-0.39, 0.29) is 6.04 Å². The van der Waals surface area contributed by atoms with Crippen LogP contribution in [-0.4, -0.2) is 4.98 Å². The number of rotatable bonds is 3. The molecule has 2 aromatic rings. The van der Waals surface area contributed by atoms with Gasteiger partial charge in [0.1, 0.15) is 0 Å². The first kappa shape index (κ1) is 12.8. The fourth-order valence-electron chi connectivity index (χ4n) is 2.08. The molecule has 0 spiro atoms. The average molecular weight is 240 g/mol. The van der Waals surface area contributed by atoms with Crippen LogP contribution in [-0.2, 0) is 6.42 Å². The Bertz CT molecular complexity index is 547.